The van der Waals surface area contributed by atoms with E-state index in [2.05, 4.69) is 25.5 Å². The largest absolute Gasteiger partial charge is 0.339 e. The van der Waals surface area contributed by atoms with Crippen molar-refractivity contribution < 1.29 is 13.7 Å². The normalized spacial score (nSPS) is 10.9. The highest BCUT2D eigenvalue weighted by Gasteiger charge is 2.11. The fourth-order valence-corrected chi connectivity index (χ4v) is 2.93. The number of carbonyl (C=O) groups is 1. The maximum atomic E-state index is 14.2. The molecule has 0 atom stereocenters. The maximum Gasteiger partial charge on any atom is 0.226 e. The molecule has 0 unspecified atom stereocenters. The molecule has 0 saturated heterocycles. The van der Waals surface area contributed by atoms with E-state index in [1.54, 1.807) is 30.3 Å². The molecule has 0 saturated carbocycles. The lowest BCUT2D eigenvalue weighted by Gasteiger charge is -2.07. The second-order valence-corrected chi connectivity index (χ2v) is 6.86. The zero-order valence-electron chi connectivity index (χ0n) is 15.6. The summed E-state index contributed by atoms with van der Waals surface area (Å²) in [5.41, 5.74) is 1.41. The fourth-order valence-electron chi connectivity index (χ4n) is 2.80. The second-order valence-electron chi connectivity index (χ2n) is 6.43. The smallest absolute Gasteiger partial charge is 0.226 e. The summed E-state index contributed by atoms with van der Waals surface area (Å²) in [6.45, 7) is 0. The van der Waals surface area contributed by atoms with Crippen molar-refractivity contribution in [1.29, 1.82) is 0 Å². The standard InChI is InChI=1S/C20H16ClFN6O2/c21-14-6-4-13(5-7-14)20-26-19(30-27-20)3-1-2-18(29)25-15-8-9-17(16(22)10-15)28-12-23-11-24-28/h4-12H,1-3H2,(H,25,29). The van der Waals surface area contributed by atoms with Gasteiger partial charge in [-0.3, -0.25) is 4.79 Å². The Kier molecular flexibility index (Phi) is 5.80. The summed E-state index contributed by atoms with van der Waals surface area (Å²) in [5.74, 6) is 0.157. The van der Waals surface area contributed by atoms with Crippen LogP contribution in [0.15, 0.2) is 59.6 Å². The van der Waals surface area contributed by atoms with E-state index < -0.39 is 5.82 Å². The van der Waals surface area contributed by atoms with Crippen molar-refractivity contribution in [2.75, 3.05) is 5.32 Å². The van der Waals surface area contributed by atoms with Gasteiger partial charge >= 0.3 is 0 Å². The Balaban J connectivity index is 1.28. The zero-order chi connectivity index (χ0) is 20.9. The van der Waals surface area contributed by atoms with Gasteiger partial charge in [0.15, 0.2) is 5.82 Å². The van der Waals surface area contributed by atoms with Crippen LogP contribution in [-0.4, -0.2) is 30.8 Å². The van der Waals surface area contributed by atoms with Crippen LogP contribution in [-0.2, 0) is 11.2 Å². The molecule has 1 N–H and O–H groups in total. The zero-order valence-corrected chi connectivity index (χ0v) is 16.4. The molecule has 0 aliphatic rings. The molecule has 2 heterocycles. The van der Waals surface area contributed by atoms with Crippen molar-refractivity contribution in [1.82, 2.24) is 24.9 Å². The predicted molar refractivity (Wildman–Crippen MR) is 108 cm³/mol. The SMILES string of the molecule is O=C(CCCc1nc(-c2ccc(Cl)cc2)no1)Nc1ccc(-n2cncn2)c(F)c1. The van der Waals surface area contributed by atoms with Gasteiger partial charge in [0.2, 0.25) is 17.6 Å². The number of aryl methyl sites for hydroxylation is 1. The van der Waals surface area contributed by atoms with Gasteiger partial charge in [0.25, 0.3) is 0 Å². The molecule has 4 rings (SSSR count). The average molecular weight is 427 g/mol. The number of carbonyl (C=O) groups excluding carboxylic acids is 1. The Morgan fingerprint density at radius 2 is 2.03 bits per heavy atom. The Morgan fingerprint density at radius 3 is 2.77 bits per heavy atom. The molecule has 0 fully saturated rings. The summed E-state index contributed by atoms with van der Waals surface area (Å²) in [6, 6.07) is 11.5. The Hall–Kier alpha value is -3.59. The lowest BCUT2D eigenvalue weighted by molar-refractivity contribution is -0.116. The molecule has 0 aliphatic heterocycles. The number of anilines is 1. The van der Waals surface area contributed by atoms with Crippen LogP contribution in [0, 0.1) is 5.82 Å². The molecule has 152 valence electrons. The van der Waals surface area contributed by atoms with Crippen LogP contribution in [0.3, 0.4) is 0 Å². The number of benzene rings is 2. The highest BCUT2D eigenvalue weighted by Crippen LogP contribution is 2.20. The van der Waals surface area contributed by atoms with Crippen LogP contribution in [0.4, 0.5) is 10.1 Å². The molecule has 0 aliphatic carbocycles. The topological polar surface area (TPSA) is 98.7 Å². The lowest BCUT2D eigenvalue weighted by atomic mass is 10.2. The molecule has 0 radical (unpaired) electrons. The van der Waals surface area contributed by atoms with Gasteiger partial charge < -0.3 is 9.84 Å². The third kappa shape index (κ3) is 4.69. The van der Waals surface area contributed by atoms with Crippen LogP contribution in [0.25, 0.3) is 17.1 Å². The quantitative estimate of drug-likeness (QED) is 0.478. The first-order chi connectivity index (χ1) is 14.6. The van der Waals surface area contributed by atoms with E-state index in [1.807, 2.05) is 0 Å². The summed E-state index contributed by atoms with van der Waals surface area (Å²) < 4.78 is 20.8. The summed E-state index contributed by atoms with van der Waals surface area (Å²) >= 11 is 5.87. The van der Waals surface area contributed by atoms with Gasteiger partial charge in [-0.05, 0) is 48.9 Å². The van der Waals surface area contributed by atoms with Crippen molar-refractivity contribution in [2.45, 2.75) is 19.3 Å². The third-order valence-corrected chi connectivity index (χ3v) is 4.51. The number of nitrogens with zero attached hydrogens (tertiary/aromatic N) is 5. The number of hydrogen-bond donors (Lipinski definition) is 1. The van der Waals surface area contributed by atoms with Crippen LogP contribution < -0.4 is 5.32 Å². The van der Waals surface area contributed by atoms with Crippen LogP contribution in [0.1, 0.15) is 18.7 Å². The van der Waals surface area contributed by atoms with Crippen LogP contribution in [0.5, 0.6) is 0 Å². The van der Waals surface area contributed by atoms with Crippen molar-refractivity contribution in [3.05, 3.63) is 71.8 Å². The average Bonchev–Trinajstić information content (AvgIpc) is 3.41. The number of amides is 1. The molecule has 2 aromatic heterocycles. The Labute approximate surface area is 175 Å². The lowest BCUT2D eigenvalue weighted by Crippen LogP contribution is -2.12. The molecule has 0 spiro atoms. The van der Waals surface area contributed by atoms with Crippen LogP contribution >= 0.6 is 11.6 Å². The summed E-state index contributed by atoms with van der Waals surface area (Å²) in [4.78, 5) is 20.3. The van der Waals surface area contributed by atoms with Gasteiger partial charge in [-0.15, -0.1) is 0 Å². The highest BCUT2D eigenvalue weighted by molar-refractivity contribution is 6.30. The first-order valence-electron chi connectivity index (χ1n) is 9.11. The summed E-state index contributed by atoms with van der Waals surface area (Å²) in [6.07, 6.45) is 3.90. The number of nitrogens with one attached hydrogen (secondary N) is 1. The van der Waals surface area contributed by atoms with Crippen molar-refractivity contribution in [3.63, 3.8) is 0 Å². The van der Waals surface area contributed by atoms with E-state index in [-0.39, 0.29) is 18.0 Å². The predicted octanol–water partition coefficient (Wildman–Crippen LogP) is 4.07. The Bertz CT molecular complexity index is 1140. The summed E-state index contributed by atoms with van der Waals surface area (Å²) in [7, 11) is 0. The summed E-state index contributed by atoms with van der Waals surface area (Å²) in [5, 5.41) is 11.1. The monoisotopic (exact) mass is 426 g/mol. The molecule has 8 nitrogen and oxygen atoms in total. The van der Waals surface area contributed by atoms with Gasteiger partial charge in [-0.1, -0.05) is 16.8 Å². The van der Waals surface area contributed by atoms with Gasteiger partial charge in [0.05, 0.1) is 0 Å². The Morgan fingerprint density at radius 1 is 1.20 bits per heavy atom. The number of hydrogen-bond acceptors (Lipinski definition) is 6. The molecule has 4 aromatic rings. The van der Waals surface area contributed by atoms with E-state index in [9.17, 15) is 9.18 Å². The molecular weight excluding hydrogens is 411 g/mol. The molecule has 30 heavy (non-hydrogen) atoms. The van der Waals surface area contributed by atoms with Crippen molar-refractivity contribution in [2.24, 2.45) is 0 Å². The highest BCUT2D eigenvalue weighted by atomic mass is 35.5. The second kappa shape index (κ2) is 8.83. The first kappa shape index (κ1) is 19.7. The molecule has 2 aromatic carbocycles. The van der Waals surface area contributed by atoms with Crippen LogP contribution in [0.2, 0.25) is 5.02 Å². The molecule has 0 bridgehead atoms. The van der Waals surface area contributed by atoms with Gasteiger partial charge in [0.1, 0.15) is 18.3 Å². The number of rotatable bonds is 7. The van der Waals surface area contributed by atoms with Gasteiger partial charge in [-0.2, -0.15) is 10.1 Å². The first-order valence-corrected chi connectivity index (χ1v) is 9.49. The van der Waals surface area contributed by atoms with Gasteiger partial charge in [0, 0.05) is 29.1 Å². The molecular formula is C20H16ClFN6O2. The minimum absolute atomic E-state index is 0.227. The number of aromatic nitrogens is 5. The third-order valence-electron chi connectivity index (χ3n) is 4.26. The maximum absolute atomic E-state index is 14.2. The van der Waals surface area contributed by atoms with E-state index in [0.29, 0.717) is 35.3 Å². The molecule has 1 amide bonds. The van der Waals surface area contributed by atoms with E-state index >= 15 is 0 Å². The fraction of sp³-hybridized carbons (Fsp3) is 0.150. The van der Waals surface area contributed by atoms with Crippen molar-refractivity contribution >= 4 is 23.2 Å². The van der Waals surface area contributed by atoms with E-state index in [0.717, 1.165) is 5.56 Å². The van der Waals surface area contributed by atoms with E-state index in [1.165, 1.54) is 29.5 Å². The van der Waals surface area contributed by atoms with E-state index in [4.69, 9.17) is 16.1 Å². The minimum atomic E-state index is -0.515. The van der Waals surface area contributed by atoms with Crippen molar-refractivity contribution in [3.8, 4) is 17.1 Å². The molecule has 10 heteroatoms. The minimum Gasteiger partial charge on any atom is -0.339 e. The number of halogens is 2. The van der Waals surface area contributed by atoms with Gasteiger partial charge in [-0.25, -0.2) is 14.1 Å².